The molecule has 0 aliphatic rings. The third-order valence-corrected chi connectivity index (χ3v) is 7.37. The van der Waals surface area contributed by atoms with Crippen molar-refractivity contribution in [3.8, 4) is 0 Å². The first-order chi connectivity index (χ1) is 17.7. The fraction of sp³-hybridized carbons (Fsp3) is 0.391. The molecule has 1 atom stereocenters. The van der Waals surface area contributed by atoms with Gasteiger partial charge >= 0.3 is 11.9 Å². The summed E-state index contributed by atoms with van der Waals surface area (Å²) in [5.41, 5.74) is 0.501. The number of nitrogens with one attached hydrogen (secondary N) is 2. The molecule has 0 bridgehead atoms. The lowest BCUT2D eigenvalue weighted by atomic mass is 10.1. The van der Waals surface area contributed by atoms with E-state index in [-0.39, 0.29) is 46.9 Å². The monoisotopic (exact) mass is 549 g/mol. The van der Waals surface area contributed by atoms with Gasteiger partial charge < -0.3 is 29.1 Å². The Labute approximate surface area is 221 Å². The average Bonchev–Trinajstić information content (AvgIpc) is 3.58. The first-order valence-corrected chi connectivity index (χ1v) is 13.0. The van der Waals surface area contributed by atoms with E-state index in [1.54, 1.807) is 51.4 Å². The number of rotatable bonds is 11. The number of amides is 2. The summed E-state index contributed by atoms with van der Waals surface area (Å²) in [6.45, 7) is 7.04. The van der Waals surface area contributed by atoms with Crippen LogP contribution in [0.5, 0.6) is 0 Å². The Hall–Kier alpha value is -3.65. The van der Waals surface area contributed by atoms with Gasteiger partial charge in [0.05, 0.1) is 36.8 Å². The fourth-order valence-corrected chi connectivity index (χ4v) is 5.05. The van der Waals surface area contributed by atoms with Crippen LogP contribution in [-0.4, -0.2) is 57.0 Å². The van der Waals surface area contributed by atoms with Crippen molar-refractivity contribution in [2.24, 2.45) is 7.05 Å². The second kappa shape index (κ2) is 12.5. The number of esters is 2. The van der Waals surface area contributed by atoms with E-state index in [0.717, 1.165) is 23.1 Å². The van der Waals surface area contributed by atoms with Gasteiger partial charge in [-0.2, -0.15) is 0 Å². The van der Waals surface area contributed by atoms with Gasteiger partial charge in [-0.1, -0.05) is 11.8 Å². The van der Waals surface area contributed by atoms with Crippen molar-refractivity contribution in [3.63, 3.8) is 0 Å². The Morgan fingerprint density at radius 1 is 1.16 bits per heavy atom. The Kier molecular flexibility index (Phi) is 9.47. The number of furan rings is 1. The summed E-state index contributed by atoms with van der Waals surface area (Å²) in [7, 11) is 1.72. The van der Waals surface area contributed by atoms with Crippen molar-refractivity contribution in [3.05, 3.63) is 46.0 Å². The molecule has 0 spiro atoms. The summed E-state index contributed by atoms with van der Waals surface area (Å²) in [5, 5.41) is 13.6. The van der Waals surface area contributed by atoms with Crippen molar-refractivity contribution < 1.29 is 33.1 Å². The van der Waals surface area contributed by atoms with Crippen LogP contribution in [0.1, 0.15) is 62.7 Å². The maximum absolute atomic E-state index is 13.0. The zero-order chi connectivity index (χ0) is 27.1. The molecule has 3 aromatic heterocycles. The zero-order valence-electron chi connectivity index (χ0n) is 20.9. The second-order valence-corrected chi connectivity index (χ2v) is 9.90. The predicted molar refractivity (Wildman–Crippen MR) is 136 cm³/mol. The van der Waals surface area contributed by atoms with Gasteiger partial charge in [0.15, 0.2) is 16.7 Å². The third-order valence-electron chi connectivity index (χ3n) is 5.05. The van der Waals surface area contributed by atoms with Crippen LogP contribution in [0.25, 0.3) is 0 Å². The lowest BCUT2D eigenvalue weighted by Gasteiger charge is -2.12. The normalized spacial score (nSPS) is 11.6. The SMILES string of the molecule is CCOC(=O)c1sc(NC(=O)[C@@H](C)Sc2nnc(CNC(=O)c3ccco3)n2C)c(C(=O)OCC)c1C. The molecule has 0 saturated carbocycles. The summed E-state index contributed by atoms with van der Waals surface area (Å²) < 4.78 is 16.9. The first-order valence-electron chi connectivity index (χ1n) is 11.3. The molecule has 3 heterocycles. The second-order valence-electron chi connectivity index (χ2n) is 7.57. The number of thiophene rings is 1. The van der Waals surface area contributed by atoms with Crippen LogP contribution in [-0.2, 0) is 27.9 Å². The van der Waals surface area contributed by atoms with Crippen molar-refractivity contribution in [1.29, 1.82) is 0 Å². The van der Waals surface area contributed by atoms with Crippen LogP contribution in [0, 0.1) is 6.92 Å². The van der Waals surface area contributed by atoms with Gasteiger partial charge in [0.2, 0.25) is 5.91 Å². The van der Waals surface area contributed by atoms with Crippen molar-refractivity contribution in [2.45, 2.75) is 44.6 Å². The number of hydrogen-bond donors (Lipinski definition) is 2. The summed E-state index contributed by atoms with van der Waals surface area (Å²) in [6, 6.07) is 3.16. The highest BCUT2D eigenvalue weighted by molar-refractivity contribution is 8.00. The number of anilines is 1. The molecule has 2 N–H and O–H groups in total. The van der Waals surface area contributed by atoms with Gasteiger partial charge in [0.25, 0.3) is 5.91 Å². The predicted octanol–water partition coefficient (Wildman–Crippen LogP) is 3.18. The smallest absolute Gasteiger partial charge is 0.348 e. The highest BCUT2D eigenvalue weighted by Gasteiger charge is 2.29. The zero-order valence-corrected chi connectivity index (χ0v) is 22.6. The number of aromatic nitrogens is 3. The first kappa shape index (κ1) is 27.9. The molecule has 0 fully saturated rings. The standard InChI is InChI=1S/C23H27N5O7S2/c1-6-33-21(31)16-12(3)17(22(32)34-7-2)37-20(16)25-18(29)13(4)36-23-27-26-15(28(23)5)11-24-19(30)14-9-8-10-35-14/h8-10,13H,6-7,11H2,1-5H3,(H,24,30)(H,25,29)/t13-/m1/s1. The lowest BCUT2D eigenvalue weighted by molar-refractivity contribution is -0.115. The van der Waals surface area contributed by atoms with E-state index in [1.165, 1.54) is 6.26 Å². The molecule has 0 saturated heterocycles. The molecular weight excluding hydrogens is 522 g/mol. The van der Waals surface area contributed by atoms with E-state index in [4.69, 9.17) is 13.9 Å². The summed E-state index contributed by atoms with van der Waals surface area (Å²) in [4.78, 5) is 50.2. The Balaban J connectivity index is 1.70. The maximum Gasteiger partial charge on any atom is 0.348 e. The number of carbonyl (C=O) groups is 4. The minimum absolute atomic E-state index is 0.109. The topological polar surface area (TPSA) is 155 Å². The Morgan fingerprint density at radius 3 is 2.51 bits per heavy atom. The molecule has 2 amide bonds. The molecule has 198 valence electrons. The van der Waals surface area contributed by atoms with E-state index in [2.05, 4.69) is 20.8 Å². The molecular formula is C23H27N5O7S2. The molecule has 0 radical (unpaired) electrons. The third kappa shape index (κ3) is 6.57. The summed E-state index contributed by atoms with van der Waals surface area (Å²) in [6.07, 6.45) is 1.41. The minimum Gasteiger partial charge on any atom is -0.462 e. The number of thioether (sulfide) groups is 1. The van der Waals surface area contributed by atoms with E-state index in [0.29, 0.717) is 16.5 Å². The van der Waals surface area contributed by atoms with Gasteiger partial charge in [-0.15, -0.1) is 21.5 Å². The molecule has 12 nitrogen and oxygen atoms in total. The van der Waals surface area contributed by atoms with Gasteiger partial charge in [-0.05, 0) is 45.4 Å². The number of carbonyl (C=O) groups excluding carboxylic acids is 4. The quantitative estimate of drug-likeness (QED) is 0.269. The lowest BCUT2D eigenvalue weighted by Crippen LogP contribution is -2.24. The summed E-state index contributed by atoms with van der Waals surface area (Å²) in [5.74, 6) is -1.36. The van der Waals surface area contributed by atoms with Gasteiger partial charge in [0, 0.05) is 7.05 Å². The average molecular weight is 550 g/mol. The van der Waals surface area contributed by atoms with Crippen LogP contribution in [0.2, 0.25) is 0 Å². The molecule has 3 rings (SSSR count). The molecule has 0 aromatic carbocycles. The van der Waals surface area contributed by atoms with Crippen LogP contribution in [0.15, 0.2) is 28.0 Å². The Bertz CT molecular complexity index is 1280. The number of nitrogens with zero attached hydrogens (tertiary/aromatic N) is 3. The minimum atomic E-state index is -0.642. The van der Waals surface area contributed by atoms with Crippen LogP contribution >= 0.6 is 23.1 Å². The molecule has 0 aliphatic carbocycles. The van der Waals surface area contributed by atoms with Crippen LogP contribution in [0.4, 0.5) is 5.00 Å². The van der Waals surface area contributed by atoms with Crippen molar-refractivity contribution in [1.82, 2.24) is 20.1 Å². The van der Waals surface area contributed by atoms with E-state index in [9.17, 15) is 19.2 Å². The largest absolute Gasteiger partial charge is 0.462 e. The van der Waals surface area contributed by atoms with Gasteiger partial charge in [0.1, 0.15) is 9.88 Å². The van der Waals surface area contributed by atoms with Crippen LogP contribution in [0.3, 0.4) is 0 Å². The fourth-order valence-electron chi connectivity index (χ4n) is 3.12. The number of ether oxygens (including phenoxy) is 2. The van der Waals surface area contributed by atoms with Crippen molar-refractivity contribution in [2.75, 3.05) is 18.5 Å². The van der Waals surface area contributed by atoms with E-state index in [1.807, 2.05) is 0 Å². The summed E-state index contributed by atoms with van der Waals surface area (Å²) >= 11 is 2.10. The molecule has 0 aliphatic heterocycles. The highest BCUT2D eigenvalue weighted by Crippen LogP contribution is 2.35. The van der Waals surface area contributed by atoms with Crippen molar-refractivity contribution >= 4 is 51.9 Å². The van der Waals surface area contributed by atoms with Gasteiger partial charge in [-0.3, -0.25) is 9.59 Å². The van der Waals surface area contributed by atoms with E-state index < -0.39 is 23.1 Å². The van der Waals surface area contributed by atoms with E-state index >= 15 is 0 Å². The highest BCUT2D eigenvalue weighted by atomic mass is 32.2. The maximum atomic E-state index is 13.0. The molecule has 14 heteroatoms. The molecule has 3 aromatic rings. The van der Waals surface area contributed by atoms with Crippen LogP contribution < -0.4 is 10.6 Å². The van der Waals surface area contributed by atoms with Gasteiger partial charge in [-0.25, -0.2) is 9.59 Å². The molecule has 37 heavy (non-hydrogen) atoms. The number of hydrogen-bond acceptors (Lipinski definition) is 11. The Morgan fingerprint density at radius 2 is 1.86 bits per heavy atom. The molecule has 0 unspecified atom stereocenters.